The number of para-hydroxylation sites is 1. The van der Waals surface area contributed by atoms with E-state index < -0.39 is 47.9 Å². The lowest BCUT2D eigenvalue weighted by Crippen LogP contribution is -2.58. The van der Waals surface area contributed by atoms with Gasteiger partial charge in [0.15, 0.2) is 0 Å². The van der Waals surface area contributed by atoms with E-state index in [1.807, 2.05) is 60.9 Å². The monoisotopic (exact) mass is 585 g/mol. The predicted molar refractivity (Wildman–Crippen MR) is 160 cm³/mol. The van der Waals surface area contributed by atoms with E-state index in [1.165, 1.54) is 11.8 Å². The number of hydrogen-bond donors (Lipinski definition) is 7. The minimum absolute atomic E-state index is 0.0392. The second kappa shape index (κ2) is 15.3. The SMILES string of the molecule is CSCCC(NC(=O)C(Cc1c[nH]c2ccccc12)NC(=O)C(CS)NC(=O)C(N)Cc1ccccc1)C(=O)O. The highest BCUT2D eigenvalue weighted by molar-refractivity contribution is 7.98. The maximum atomic E-state index is 13.3. The molecule has 12 heteroatoms. The Morgan fingerprint density at radius 1 is 0.900 bits per heavy atom. The zero-order valence-corrected chi connectivity index (χ0v) is 23.8. The zero-order valence-electron chi connectivity index (χ0n) is 22.1. The first-order valence-electron chi connectivity index (χ1n) is 12.8. The molecule has 3 amide bonds. The molecule has 40 heavy (non-hydrogen) atoms. The van der Waals surface area contributed by atoms with Crippen LogP contribution in [-0.4, -0.2) is 75.7 Å². The third-order valence-electron chi connectivity index (χ3n) is 6.41. The number of carboxylic acid groups (broad SMARTS) is 1. The third kappa shape index (κ3) is 8.77. The highest BCUT2D eigenvalue weighted by atomic mass is 32.2. The predicted octanol–water partition coefficient (Wildman–Crippen LogP) is 1.50. The van der Waals surface area contributed by atoms with E-state index in [0.29, 0.717) is 5.75 Å². The van der Waals surface area contributed by atoms with Gasteiger partial charge in [-0.25, -0.2) is 4.79 Å². The number of carbonyl (C=O) groups is 4. The molecule has 0 saturated heterocycles. The first-order chi connectivity index (χ1) is 19.2. The van der Waals surface area contributed by atoms with Gasteiger partial charge in [-0.15, -0.1) is 0 Å². The summed E-state index contributed by atoms with van der Waals surface area (Å²) in [5, 5.41) is 18.4. The molecule has 0 fully saturated rings. The maximum Gasteiger partial charge on any atom is 0.326 e. The van der Waals surface area contributed by atoms with Crippen LogP contribution in [0.1, 0.15) is 17.5 Å². The van der Waals surface area contributed by atoms with Gasteiger partial charge in [0, 0.05) is 29.3 Å². The number of amides is 3. The second-order valence-corrected chi connectivity index (χ2v) is 10.7. The minimum Gasteiger partial charge on any atom is -0.480 e. The quantitative estimate of drug-likeness (QED) is 0.133. The third-order valence-corrected chi connectivity index (χ3v) is 7.42. The molecular formula is C28H35N5O5S2. The van der Waals surface area contributed by atoms with E-state index >= 15 is 0 Å². The number of H-pyrrole nitrogens is 1. The van der Waals surface area contributed by atoms with Gasteiger partial charge in [-0.2, -0.15) is 24.4 Å². The van der Waals surface area contributed by atoms with Crippen molar-refractivity contribution in [1.29, 1.82) is 0 Å². The van der Waals surface area contributed by atoms with E-state index in [2.05, 4.69) is 33.6 Å². The Morgan fingerprint density at radius 3 is 2.20 bits per heavy atom. The molecule has 0 aliphatic carbocycles. The molecule has 0 aliphatic rings. The summed E-state index contributed by atoms with van der Waals surface area (Å²) >= 11 is 5.69. The number of thiol groups is 1. The van der Waals surface area contributed by atoms with E-state index in [9.17, 15) is 24.3 Å². The standard InChI is InChI=1S/C28H35N5O5S2/c1-40-12-11-22(28(37)38)31-26(35)23(14-18-15-30-21-10-6-5-9-19(18)21)32-27(36)24(16-39)33-25(34)20(29)13-17-7-3-2-4-8-17/h2-10,15,20,22-24,30,39H,11-14,16,29H2,1H3,(H,31,35)(H,32,36)(H,33,34)(H,37,38). The van der Waals surface area contributed by atoms with Crippen molar-refractivity contribution in [2.45, 2.75) is 43.4 Å². The Hall–Kier alpha value is -3.48. The molecule has 3 aromatic rings. The lowest BCUT2D eigenvalue weighted by molar-refractivity contribution is -0.142. The lowest BCUT2D eigenvalue weighted by atomic mass is 10.0. The Labute approximate surface area is 242 Å². The normalized spacial score (nSPS) is 14.1. The molecule has 0 aliphatic heterocycles. The van der Waals surface area contributed by atoms with Gasteiger partial charge in [-0.05, 0) is 42.0 Å². The number of carbonyl (C=O) groups excluding carboxylic acids is 3. The Balaban J connectivity index is 1.75. The number of nitrogens with one attached hydrogen (secondary N) is 4. The molecule has 1 heterocycles. The summed E-state index contributed by atoms with van der Waals surface area (Å²) in [6.45, 7) is 0. The molecule has 214 valence electrons. The Kier molecular flexibility index (Phi) is 11.9. The fourth-order valence-electron chi connectivity index (χ4n) is 4.20. The summed E-state index contributed by atoms with van der Waals surface area (Å²) in [6.07, 6.45) is 4.20. The fourth-order valence-corrected chi connectivity index (χ4v) is 4.93. The number of fused-ring (bicyclic) bond motifs is 1. The molecule has 0 saturated carbocycles. The maximum absolute atomic E-state index is 13.3. The molecule has 3 rings (SSSR count). The highest BCUT2D eigenvalue weighted by Crippen LogP contribution is 2.19. The van der Waals surface area contributed by atoms with Crippen LogP contribution in [0.25, 0.3) is 10.9 Å². The van der Waals surface area contributed by atoms with Crippen molar-refractivity contribution in [2.75, 3.05) is 17.8 Å². The van der Waals surface area contributed by atoms with Gasteiger partial charge >= 0.3 is 5.97 Å². The molecule has 0 spiro atoms. The second-order valence-electron chi connectivity index (χ2n) is 9.35. The minimum atomic E-state index is -1.16. The number of benzene rings is 2. The van der Waals surface area contributed by atoms with Crippen molar-refractivity contribution in [3.05, 3.63) is 71.9 Å². The number of thioether (sulfide) groups is 1. The first-order valence-corrected chi connectivity index (χ1v) is 14.8. The van der Waals surface area contributed by atoms with E-state index in [1.54, 1.807) is 6.20 Å². The zero-order chi connectivity index (χ0) is 29.1. The van der Waals surface area contributed by atoms with Crippen molar-refractivity contribution in [3.63, 3.8) is 0 Å². The fraction of sp³-hybridized carbons (Fsp3) is 0.357. The molecular weight excluding hydrogens is 550 g/mol. The van der Waals surface area contributed by atoms with Crippen molar-refractivity contribution < 1.29 is 24.3 Å². The van der Waals surface area contributed by atoms with E-state index in [-0.39, 0.29) is 25.0 Å². The molecule has 4 unspecified atom stereocenters. The number of aromatic amines is 1. The van der Waals surface area contributed by atoms with Crippen LogP contribution in [0, 0.1) is 0 Å². The first kappa shape index (κ1) is 31.1. The van der Waals surface area contributed by atoms with Crippen molar-refractivity contribution in [3.8, 4) is 0 Å². The number of aromatic nitrogens is 1. The van der Waals surface area contributed by atoms with Gasteiger partial charge in [-0.3, -0.25) is 14.4 Å². The smallest absolute Gasteiger partial charge is 0.326 e. The molecule has 2 aromatic carbocycles. The Morgan fingerprint density at radius 2 is 1.52 bits per heavy atom. The number of aliphatic carboxylic acids is 1. The Bertz CT molecular complexity index is 1300. The highest BCUT2D eigenvalue weighted by Gasteiger charge is 2.30. The molecule has 4 atom stereocenters. The molecule has 0 radical (unpaired) electrons. The van der Waals surface area contributed by atoms with Crippen LogP contribution in [0.5, 0.6) is 0 Å². The van der Waals surface area contributed by atoms with Crippen LogP contribution in [0.2, 0.25) is 0 Å². The molecule has 1 aromatic heterocycles. The lowest BCUT2D eigenvalue weighted by Gasteiger charge is -2.24. The van der Waals surface area contributed by atoms with Gasteiger partial charge in [0.1, 0.15) is 18.1 Å². The number of rotatable bonds is 15. The van der Waals surface area contributed by atoms with Crippen LogP contribution in [-0.2, 0) is 32.0 Å². The van der Waals surface area contributed by atoms with Crippen LogP contribution in [0.4, 0.5) is 0 Å². The topological polar surface area (TPSA) is 166 Å². The molecule has 0 bridgehead atoms. The van der Waals surface area contributed by atoms with Gasteiger partial charge in [0.05, 0.1) is 6.04 Å². The van der Waals surface area contributed by atoms with Crippen molar-refractivity contribution in [2.24, 2.45) is 5.73 Å². The molecule has 10 nitrogen and oxygen atoms in total. The number of nitrogens with two attached hydrogens (primary N) is 1. The summed E-state index contributed by atoms with van der Waals surface area (Å²) in [5.74, 6) is -2.47. The van der Waals surface area contributed by atoms with Gasteiger partial charge in [-0.1, -0.05) is 48.5 Å². The summed E-state index contributed by atoms with van der Waals surface area (Å²) in [4.78, 5) is 54.3. The van der Waals surface area contributed by atoms with Crippen LogP contribution < -0.4 is 21.7 Å². The van der Waals surface area contributed by atoms with Gasteiger partial charge in [0.2, 0.25) is 17.7 Å². The van der Waals surface area contributed by atoms with Crippen LogP contribution in [0.15, 0.2) is 60.8 Å². The van der Waals surface area contributed by atoms with E-state index in [0.717, 1.165) is 22.0 Å². The van der Waals surface area contributed by atoms with Gasteiger partial charge < -0.3 is 31.8 Å². The largest absolute Gasteiger partial charge is 0.480 e. The van der Waals surface area contributed by atoms with Crippen LogP contribution >= 0.6 is 24.4 Å². The number of carboxylic acids is 1. The van der Waals surface area contributed by atoms with Crippen molar-refractivity contribution in [1.82, 2.24) is 20.9 Å². The summed E-state index contributed by atoms with van der Waals surface area (Å²) in [7, 11) is 0. The molecule has 7 N–H and O–H groups in total. The van der Waals surface area contributed by atoms with Crippen molar-refractivity contribution >= 4 is 59.0 Å². The van der Waals surface area contributed by atoms with E-state index in [4.69, 9.17) is 5.73 Å². The van der Waals surface area contributed by atoms with Crippen LogP contribution in [0.3, 0.4) is 0 Å². The summed E-state index contributed by atoms with van der Waals surface area (Å²) in [6, 6.07) is 12.6. The summed E-state index contributed by atoms with van der Waals surface area (Å²) < 4.78 is 0. The summed E-state index contributed by atoms with van der Waals surface area (Å²) in [5.41, 5.74) is 8.58. The average molecular weight is 586 g/mol. The average Bonchev–Trinajstić information content (AvgIpc) is 3.36. The van der Waals surface area contributed by atoms with Gasteiger partial charge in [0.25, 0.3) is 0 Å². The number of hydrogen-bond acceptors (Lipinski definition) is 7.